The van der Waals surface area contributed by atoms with Crippen LogP contribution in [0.1, 0.15) is 10.4 Å². The van der Waals surface area contributed by atoms with E-state index in [2.05, 4.69) is 16.3 Å². The molecule has 0 atom stereocenters. The fourth-order valence-corrected chi connectivity index (χ4v) is 4.19. The molecule has 5 nitrogen and oxygen atoms in total. The van der Waals surface area contributed by atoms with Gasteiger partial charge in [-0.3, -0.25) is 9.59 Å². The number of thiophene rings is 1. The lowest BCUT2D eigenvalue weighted by molar-refractivity contribution is -0.114. The largest absolute Gasteiger partial charge is 0.366 e. The highest BCUT2D eigenvalue weighted by atomic mass is 32.2. The van der Waals surface area contributed by atoms with Crippen LogP contribution in [0.2, 0.25) is 0 Å². The number of carbonyl (C=O) groups excluding carboxylic acids is 2. The van der Waals surface area contributed by atoms with Gasteiger partial charge in [-0.25, -0.2) is 0 Å². The van der Waals surface area contributed by atoms with Crippen LogP contribution >= 0.6 is 23.1 Å². The minimum absolute atomic E-state index is 0.147. The van der Waals surface area contributed by atoms with Gasteiger partial charge in [0.15, 0.2) is 0 Å². The number of fused-ring (bicyclic) bond motifs is 1. The molecule has 0 saturated carbocycles. The van der Waals surface area contributed by atoms with Gasteiger partial charge in [-0.1, -0.05) is 12.1 Å². The first-order valence-electron chi connectivity index (χ1n) is 6.79. The van der Waals surface area contributed by atoms with Gasteiger partial charge in [0, 0.05) is 17.2 Å². The fourth-order valence-electron chi connectivity index (χ4n) is 2.33. The molecule has 1 aromatic carbocycles. The number of hydrogen-bond donors (Lipinski definition) is 2. The summed E-state index contributed by atoms with van der Waals surface area (Å²) in [6.07, 6.45) is 0. The number of primary amides is 1. The molecule has 7 heteroatoms. The normalized spacial score (nSPS) is 13.5. The van der Waals surface area contributed by atoms with Crippen LogP contribution in [0.25, 0.3) is 0 Å². The summed E-state index contributed by atoms with van der Waals surface area (Å²) in [5.74, 6) is 0.276. The molecule has 0 spiro atoms. The highest BCUT2D eigenvalue weighted by Crippen LogP contribution is 2.34. The van der Waals surface area contributed by atoms with Gasteiger partial charge in [-0.2, -0.15) is 0 Å². The molecule has 3 N–H and O–H groups in total. The lowest BCUT2D eigenvalue weighted by Crippen LogP contribution is -2.36. The zero-order chi connectivity index (χ0) is 15.5. The number of carbonyl (C=O) groups is 2. The van der Waals surface area contributed by atoms with E-state index in [9.17, 15) is 9.59 Å². The van der Waals surface area contributed by atoms with Crippen molar-refractivity contribution in [2.75, 3.05) is 29.1 Å². The molecule has 22 heavy (non-hydrogen) atoms. The zero-order valence-corrected chi connectivity index (χ0v) is 13.4. The van der Waals surface area contributed by atoms with E-state index in [1.54, 1.807) is 23.2 Å². The summed E-state index contributed by atoms with van der Waals surface area (Å²) in [6, 6.07) is 9.68. The van der Waals surface area contributed by atoms with E-state index in [0.29, 0.717) is 10.6 Å². The Kier molecular flexibility index (Phi) is 4.35. The molecule has 2 aromatic rings. The summed E-state index contributed by atoms with van der Waals surface area (Å²) < 4.78 is 0. The molecule has 1 aliphatic heterocycles. The third-order valence-electron chi connectivity index (χ3n) is 3.34. The highest BCUT2D eigenvalue weighted by Gasteiger charge is 2.20. The summed E-state index contributed by atoms with van der Waals surface area (Å²) >= 11 is 3.10. The van der Waals surface area contributed by atoms with Crippen molar-refractivity contribution in [2.24, 2.45) is 5.73 Å². The Morgan fingerprint density at radius 3 is 2.91 bits per heavy atom. The number of nitrogens with one attached hydrogen (secondary N) is 1. The Balaban J connectivity index is 1.70. The monoisotopic (exact) mass is 333 g/mol. The zero-order valence-electron chi connectivity index (χ0n) is 11.7. The molecule has 2 heterocycles. The van der Waals surface area contributed by atoms with Gasteiger partial charge in [-0.05, 0) is 23.6 Å². The van der Waals surface area contributed by atoms with Crippen molar-refractivity contribution in [3.63, 3.8) is 0 Å². The minimum atomic E-state index is -0.531. The average Bonchev–Trinajstić information content (AvgIpc) is 2.96. The number of anilines is 2. The maximum absolute atomic E-state index is 12.3. The first-order chi connectivity index (χ1) is 10.6. The standard InChI is InChI=1S/C15H15N3O2S2/c16-14(20)10-5-7-22-15(10)17-13(19)9-18-6-8-21-12-4-2-1-3-11(12)18/h1-5,7H,6,8-9H2,(H2,16,20)(H,17,19). The number of nitrogens with zero attached hydrogens (tertiary/aromatic N) is 1. The van der Waals surface area contributed by atoms with Crippen molar-refractivity contribution in [3.05, 3.63) is 41.3 Å². The molecule has 0 fully saturated rings. The topological polar surface area (TPSA) is 75.4 Å². The second kappa shape index (κ2) is 6.41. The molecule has 2 amide bonds. The van der Waals surface area contributed by atoms with Crippen molar-refractivity contribution in [1.29, 1.82) is 0 Å². The summed E-state index contributed by atoms with van der Waals surface area (Å²) in [6.45, 7) is 1.08. The molecule has 0 unspecified atom stereocenters. The van der Waals surface area contributed by atoms with Crippen molar-refractivity contribution in [3.8, 4) is 0 Å². The quantitative estimate of drug-likeness (QED) is 0.901. The third kappa shape index (κ3) is 3.10. The van der Waals surface area contributed by atoms with Gasteiger partial charge in [0.05, 0.1) is 17.8 Å². The Bertz CT molecular complexity index is 714. The molecule has 114 valence electrons. The summed E-state index contributed by atoms with van der Waals surface area (Å²) in [5, 5.41) is 5.03. The van der Waals surface area contributed by atoms with Crippen LogP contribution in [-0.4, -0.2) is 30.7 Å². The first kappa shape index (κ1) is 14.9. The van der Waals surface area contributed by atoms with Gasteiger partial charge < -0.3 is 16.0 Å². The van der Waals surface area contributed by atoms with Crippen LogP contribution in [0.15, 0.2) is 40.6 Å². The summed E-state index contributed by atoms with van der Waals surface area (Å²) in [4.78, 5) is 26.8. The number of nitrogens with two attached hydrogens (primary N) is 1. The molecule has 0 bridgehead atoms. The first-order valence-corrected chi connectivity index (χ1v) is 8.65. The van der Waals surface area contributed by atoms with E-state index in [1.165, 1.54) is 16.2 Å². The molecule has 0 radical (unpaired) electrons. The molecule has 3 rings (SSSR count). The Hall–Kier alpha value is -1.99. The summed E-state index contributed by atoms with van der Waals surface area (Å²) in [5.41, 5.74) is 6.72. The molecule has 1 aromatic heterocycles. The number of thioether (sulfide) groups is 1. The Labute approximate surface area is 136 Å². The van der Waals surface area contributed by atoms with Crippen molar-refractivity contribution >= 4 is 45.6 Å². The second-order valence-corrected chi connectivity index (χ2v) is 6.87. The highest BCUT2D eigenvalue weighted by molar-refractivity contribution is 7.99. The van der Waals surface area contributed by atoms with Crippen LogP contribution in [-0.2, 0) is 4.79 Å². The lowest BCUT2D eigenvalue weighted by atomic mass is 10.2. The molecular formula is C15H15N3O2S2. The smallest absolute Gasteiger partial charge is 0.251 e. The number of amides is 2. The van der Waals surface area contributed by atoms with E-state index in [4.69, 9.17) is 5.73 Å². The second-order valence-electron chi connectivity index (χ2n) is 4.81. The Morgan fingerprint density at radius 2 is 2.09 bits per heavy atom. The van der Waals surface area contributed by atoms with Crippen LogP contribution in [0.4, 0.5) is 10.7 Å². The number of benzene rings is 1. The number of para-hydroxylation sites is 1. The molecular weight excluding hydrogens is 318 g/mol. The van der Waals surface area contributed by atoms with Gasteiger partial charge in [0.2, 0.25) is 5.91 Å². The molecule has 1 aliphatic rings. The predicted molar refractivity (Wildman–Crippen MR) is 90.8 cm³/mol. The molecule has 0 aliphatic carbocycles. The average molecular weight is 333 g/mol. The van der Waals surface area contributed by atoms with E-state index in [-0.39, 0.29) is 12.5 Å². The van der Waals surface area contributed by atoms with E-state index >= 15 is 0 Å². The van der Waals surface area contributed by atoms with Gasteiger partial charge >= 0.3 is 0 Å². The fraction of sp³-hybridized carbons (Fsp3) is 0.200. The van der Waals surface area contributed by atoms with Gasteiger partial charge in [0.25, 0.3) is 5.91 Å². The Morgan fingerprint density at radius 1 is 1.27 bits per heavy atom. The van der Waals surface area contributed by atoms with E-state index in [1.807, 2.05) is 18.2 Å². The van der Waals surface area contributed by atoms with Crippen LogP contribution in [0, 0.1) is 0 Å². The van der Waals surface area contributed by atoms with Gasteiger partial charge in [-0.15, -0.1) is 23.1 Å². The summed E-state index contributed by atoms with van der Waals surface area (Å²) in [7, 11) is 0. The maximum Gasteiger partial charge on any atom is 0.251 e. The SMILES string of the molecule is NC(=O)c1ccsc1NC(=O)CN1CCSc2ccccc21. The maximum atomic E-state index is 12.3. The number of hydrogen-bond acceptors (Lipinski definition) is 5. The van der Waals surface area contributed by atoms with Crippen molar-refractivity contribution < 1.29 is 9.59 Å². The van der Waals surface area contributed by atoms with E-state index < -0.39 is 5.91 Å². The lowest BCUT2D eigenvalue weighted by Gasteiger charge is -2.30. The van der Waals surface area contributed by atoms with Crippen molar-refractivity contribution in [1.82, 2.24) is 0 Å². The van der Waals surface area contributed by atoms with Crippen LogP contribution < -0.4 is 16.0 Å². The van der Waals surface area contributed by atoms with E-state index in [0.717, 1.165) is 18.0 Å². The van der Waals surface area contributed by atoms with Crippen LogP contribution in [0.3, 0.4) is 0 Å². The predicted octanol–water partition coefficient (Wildman–Crippen LogP) is 2.40. The van der Waals surface area contributed by atoms with Crippen molar-refractivity contribution in [2.45, 2.75) is 4.90 Å². The van der Waals surface area contributed by atoms with Gasteiger partial charge in [0.1, 0.15) is 5.00 Å². The number of rotatable bonds is 4. The molecule has 0 saturated heterocycles. The van der Waals surface area contributed by atoms with Crippen LogP contribution in [0.5, 0.6) is 0 Å². The minimum Gasteiger partial charge on any atom is -0.366 e. The third-order valence-corrected chi connectivity index (χ3v) is 5.22.